The summed E-state index contributed by atoms with van der Waals surface area (Å²) in [5.41, 5.74) is 1.31. The molecule has 1 heterocycles. The zero-order valence-electron chi connectivity index (χ0n) is 12.2. The molecule has 112 valence electrons. The van der Waals surface area contributed by atoms with E-state index in [0.717, 1.165) is 9.13 Å². The molecule has 2 aromatic rings. The highest BCUT2D eigenvalue weighted by molar-refractivity contribution is 14.1. The van der Waals surface area contributed by atoms with E-state index in [0.29, 0.717) is 17.0 Å². The van der Waals surface area contributed by atoms with Gasteiger partial charge in [-0.3, -0.25) is 9.79 Å². The van der Waals surface area contributed by atoms with Crippen molar-refractivity contribution in [1.29, 1.82) is 0 Å². The third-order valence-corrected chi connectivity index (χ3v) is 4.23. The van der Waals surface area contributed by atoms with Crippen LogP contribution in [0.5, 0.6) is 0 Å². The zero-order chi connectivity index (χ0) is 15.9. The first-order chi connectivity index (χ1) is 10.4. The van der Waals surface area contributed by atoms with E-state index in [1.165, 1.54) is 6.07 Å². The number of nitrogens with zero attached hydrogens (tertiary/aromatic N) is 1. The second-order valence-corrected chi connectivity index (χ2v) is 6.89. The average molecular weight is 408 g/mol. The van der Waals surface area contributed by atoms with Gasteiger partial charge in [-0.1, -0.05) is 12.1 Å². The summed E-state index contributed by atoms with van der Waals surface area (Å²) in [6, 6.07) is 12.1. The molecule has 0 aliphatic carbocycles. The molecule has 1 aliphatic heterocycles. The van der Waals surface area contributed by atoms with Crippen LogP contribution in [0, 0.1) is 9.39 Å². The highest BCUT2D eigenvalue weighted by Gasteiger charge is 2.32. The van der Waals surface area contributed by atoms with Crippen LogP contribution in [0.1, 0.15) is 25.0 Å². The molecule has 0 spiro atoms. The SMILES string of the molecule is CC1(C)N=C(c2ccccc2F)c2cc(I)ccc2NC1=O. The Bertz CT molecular complexity index is 799. The second kappa shape index (κ2) is 5.46. The number of aliphatic imine (C=N–C) groups is 1. The summed E-state index contributed by atoms with van der Waals surface area (Å²) in [4.78, 5) is 16.9. The normalized spacial score (nSPS) is 16.4. The van der Waals surface area contributed by atoms with Crippen LogP contribution in [0.15, 0.2) is 47.5 Å². The van der Waals surface area contributed by atoms with Crippen LogP contribution < -0.4 is 5.32 Å². The van der Waals surface area contributed by atoms with Crippen LogP contribution in [0.2, 0.25) is 0 Å². The molecule has 1 N–H and O–H groups in total. The minimum Gasteiger partial charge on any atom is -0.323 e. The first-order valence-electron chi connectivity index (χ1n) is 6.84. The lowest BCUT2D eigenvalue weighted by Gasteiger charge is -2.17. The number of benzene rings is 2. The van der Waals surface area contributed by atoms with Crippen molar-refractivity contribution in [3.63, 3.8) is 0 Å². The summed E-state index contributed by atoms with van der Waals surface area (Å²) in [6.45, 7) is 3.44. The Kier molecular flexibility index (Phi) is 3.76. The lowest BCUT2D eigenvalue weighted by atomic mass is 9.99. The Morgan fingerprint density at radius 2 is 1.86 bits per heavy atom. The van der Waals surface area contributed by atoms with Crippen LogP contribution >= 0.6 is 22.6 Å². The van der Waals surface area contributed by atoms with Crippen molar-refractivity contribution in [2.24, 2.45) is 4.99 Å². The molecule has 0 atom stereocenters. The largest absolute Gasteiger partial charge is 0.323 e. The summed E-state index contributed by atoms with van der Waals surface area (Å²) in [7, 11) is 0. The maximum atomic E-state index is 14.3. The summed E-state index contributed by atoms with van der Waals surface area (Å²) in [5.74, 6) is -0.558. The van der Waals surface area contributed by atoms with Crippen molar-refractivity contribution in [3.05, 3.63) is 63.0 Å². The van der Waals surface area contributed by atoms with Crippen molar-refractivity contribution in [1.82, 2.24) is 0 Å². The van der Waals surface area contributed by atoms with Gasteiger partial charge in [0, 0.05) is 14.7 Å². The molecule has 0 radical (unpaired) electrons. The van der Waals surface area contributed by atoms with Gasteiger partial charge in [-0.25, -0.2) is 4.39 Å². The molecule has 0 saturated heterocycles. The van der Waals surface area contributed by atoms with Crippen LogP contribution in [0.3, 0.4) is 0 Å². The highest BCUT2D eigenvalue weighted by Crippen LogP contribution is 2.29. The molecule has 0 aromatic heterocycles. The number of carbonyl (C=O) groups is 1. The van der Waals surface area contributed by atoms with Gasteiger partial charge in [0.1, 0.15) is 11.4 Å². The van der Waals surface area contributed by atoms with E-state index in [-0.39, 0.29) is 11.7 Å². The van der Waals surface area contributed by atoms with Crippen LogP contribution in [-0.2, 0) is 4.79 Å². The van der Waals surface area contributed by atoms with Crippen molar-refractivity contribution in [3.8, 4) is 0 Å². The van der Waals surface area contributed by atoms with Crippen molar-refractivity contribution in [2.45, 2.75) is 19.4 Å². The Hall–Kier alpha value is -1.76. The first kappa shape index (κ1) is 15.1. The molecule has 5 heteroatoms. The van der Waals surface area contributed by atoms with E-state index < -0.39 is 5.54 Å². The van der Waals surface area contributed by atoms with Crippen molar-refractivity contribution in [2.75, 3.05) is 5.32 Å². The topological polar surface area (TPSA) is 41.5 Å². The number of nitrogens with one attached hydrogen (secondary N) is 1. The molecule has 1 amide bonds. The van der Waals surface area contributed by atoms with Gasteiger partial charge >= 0.3 is 0 Å². The number of carbonyl (C=O) groups excluding carboxylic acids is 1. The Labute approximate surface area is 141 Å². The van der Waals surface area contributed by atoms with Gasteiger partial charge in [-0.05, 0) is 66.8 Å². The third kappa shape index (κ3) is 2.65. The van der Waals surface area contributed by atoms with Gasteiger partial charge < -0.3 is 5.32 Å². The fourth-order valence-electron chi connectivity index (χ4n) is 2.35. The Balaban J connectivity index is 2.32. The molecule has 3 nitrogen and oxygen atoms in total. The number of benzodiazepines with no additional fused rings is 1. The maximum Gasteiger partial charge on any atom is 0.251 e. The molecule has 22 heavy (non-hydrogen) atoms. The second-order valence-electron chi connectivity index (χ2n) is 5.64. The highest BCUT2D eigenvalue weighted by atomic mass is 127. The van der Waals surface area contributed by atoms with E-state index in [1.54, 1.807) is 32.0 Å². The standard InChI is InChI=1S/C17H14FIN2O/c1-17(2)16(22)20-14-8-7-10(19)9-12(14)15(21-17)11-5-3-4-6-13(11)18/h3-9H,1-2H3,(H,20,22). The molecule has 2 aromatic carbocycles. The minimum atomic E-state index is -0.970. The van der Waals surface area contributed by atoms with Gasteiger partial charge in [0.15, 0.2) is 0 Å². The molecular formula is C17H14FIN2O. The van der Waals surface area contributed by atoms with Crippen LogP contribution in [0.4, 0.5) is 10.1 Å². The summed E-state index contributed by atoms with van der Waals surface area (Å²) < 4.78 is 15.3. The van der Waals surface area contributed by atoms with Crippen LogP contribution in [-0.4, -0.2) is 17.2 Å². The Morgan fingerprint density at radius 3 is 2.59 bits per heavy atom. The van der Waals surface area contributed by atoms with Crippen LogP contribution in [0.25, 0.3) is 0 Å². The van der Waals surface area contributed by atoms with Gasteiger partial charge in [0.2, 0.25) is 0 Å². The van der Waals surface area contributed by atoms with Gasteiger partial charge in [-0.2, -0.15) is 0 Å². The maximum absolute atomic E-state index is 14.3. The monoisotopic (exact) mass is 408 g/mol. The lowest BCUT2D eigenvalue weighted by Crippen LogP contribution is -2.34. The van der Waals surface area contributed by atoms with E-state index in [9.17, 15) is 9.18 Å². The number of hydrogen-bond acceptors (Lipinski definition) is 2. The molecule has 0 bridgehead atoms. The number of amides is 1. The van der Waals surface area contributed by atoms with E-state index in [1.807, 2.05) is 18.2 Å². The minimum absolute atomic E-state index is 0.207. The third-order valence-electron chi connectivity index (χ3n) is 3.56. The van der Waals surface area contributed by atoms with Crippen molar-refractivity contribution >= 4 is 39.9 Å². The molecule has 1 aliphatic rings. The molecule has 3 rings (SSSR count). The van der Waals surface area contributed by atoms with E-state index in [4.69, 9.17) is 0 Å². The molecule has 0 unspecified atom stereocenters. The summed E-state index contributed by atoms with van der Waals surface area (Å²) >= 11 is 2.19. The molecular weight excluding hydrogens is 394 g/mol. The predicted molar refractivity (Wildman–Crippen MR) is 93.9 cm³/mol. The quantitative estimate of drug-likeness (QED) is 0.713. The van der Waals surface area contributed by atoms with E-state index in [2.05, 4.69) is 32.9 Å². The fourth-order valence-corrected chi connectivity index (χ4v) is 2.84. The van der Waals surface area contributed by atoms with E-state index >= 15 is 0 Å². The van der Waals surface area contributed by atoms with Gasteiger partial charge in [-0.15, -0.1) is 0 Å². The van der Waals surface area contributed by atoms with Crippen molar-refractivity contribution < 1.29 is 9.18 Å². The summed E-state index contributed by atoms with van der Waals surface area (Å²) in [6.07, 6.45) is 0. The zero-order valence-corrected chi connectivity index (χ0v) is 14.3. The predicted octanol–water partition coefficient (Wildman–Crippen LogP) is 4.00. The molecule has 0 fully saturated rings. The smallest absolute Gasteiger partial charge is 0.251 e. The number of halogens is 2. The number of hydrogen-bond donors (Lipinski definition) is 1. The Morgan fingerprint density at radius 1 is 1.14 bits per heavy atom. The molecule has 0 saturated carbocycles. The number of rotatable bonds is 1. The summed E-state index contributed by atoms with van der Waals surface area (Å²) in [5, 5.41) is 2.88. The number of anilines is 1. The fraction of sp³-hybridized carbons (Fsp3) is 0.176. The van der Waals surface area contributed by atoms with Gasteiger partial charge in [0.05, 0.1) is 11.4 Å². The lowest BCUT2D eigenvalue weighted by molar-refractivity contribution is -0.119. The average Bonchev–Trinajstić information content (AvgIpc) is 2.56. The number of fused-ring (bicyclic) bond motifs is 1. The van der Waals surface area contributed by atoms with Gasteiger partial charge in [0.25, 0.3) is 5.91 Å². The first-order valence-corrected chi connectivity index (χ1v) is 7.92.